The van der Waals surface area contributed by atoms with Gasteiger partial charge in [0.15, 0.2) is 6.61 Å². The zero-order chi connectivity index (χ0) is 20.2. The molecule has 0 saturated carbocycles. The standard InChI is InChI=1S/C22H22ClN3O3/c23-18-5-7-19(8-6-18)29-15-21(27)26-11-9-25(10-12-26)14-17-13-16-3-1-2-4-20(16)24-22(17)28/h1-8,13H,9-12,14-15H2,(H,24,28). The summed E-state index contributed by atoms with van der Waals surface area (Å²) >= 11 is 5.85. The molecule has 1 aromatic heterocycles. The molecule has 2 aromatic carbocycles. The minimum atomic E-state index is -0.0569. The van der Waals surface area contributed by atoms with Crippen LogP contribution in [-0.4, -0.2) is 53.5 Å². The molecule has 150 valence electrons. The molecule has 0 bridgehead atoms. The van der Waals surface area contributed by atoms with E-state index < -0.39 is 0 Å². The predicted octanol–water partition coefficient (Wildman–Crippen LogP) is 2.90. The van der Waals surface area contributed by atoms with Crippen LogP contribution < -0.4 is 10.3 Å². The molecule has 0 atom stereocenters. The summed E-state index contributed by atoms with van der Waals surface area (Å²) in [5, 5.41) is 1.65. The second-order valence-electron chi connectivity index (χ2n) is 7.11. The number of piperazine rings is 1. The number of carbonyl (C=O) groups excluding carboxylic acids is 1. The Morgan fingerprint density at radius 3 is 2.52 bits per heavy atom. The molecule has 7 heteroatoms. The highest BCUT2D eigenvalue weighted by molar-refractivity contribution is 6.30. The van der Waals surface area contributed by atoms with Gasteiger partial charge in [-0.15, -0.1) is 0 Å². The first-order valence-corrected chi connectivity index (χ1v) is 9.96. The number of nitrogens with one attached hydrogen (secondary N) is 1. The zero-order valence-electron chi connectivity index (χ0n) is 15.9. The fraction of sp³-hybridized carbons (Fsp3) is 0.273. The predicted molar refractivity (Wildman–Crippen MR) is 113 cm³/mol. The number of rotatable bonds is 5. The van der Waals surface area contributed by atoms with Crippen molar-refractivity contribution >= 4 is 28.4 Å². The van der Waals surface area contributed by atoms with Crippen LogP contribution in [0.25, 0.3) is 10.9 Å². The topological polar surface area (TPSA) is 65.6 Å². The third-order valence-corrected chi connectivity index (χ3v) is 5.38. The van der Waals surface area contributed by atoms with E-state index in [1.54, 1.807) is 29.2 Å². The number of hydrogen-bond donors (Lipinski definition) is 1. The minimum absolute atomic E-state index is 0.00593. The van der Waals surface area contributed by atoms with Gasteiger partial charge in [-0.1, -0.05) is 29.8 Å². The highest BCUT2D eigenvalue weighted by Gasteiger charge is 2.22. The van der Waals surface area contributed by atoms with Gasteiger partial charge in [-0.25, -0.2) is 0 Å². The number of hydrogen-bond acceptors (Lipinski definition) is 4. The highest BCUT2D eigenvalue weighted by Crippen LogP contribution is 2.16. The summed E-state index contributed by atoms with van der Waals surface area (Å²) in [4.78, 5) is 31.7. The van der Waals surface area contributed by atoms with Crippen molar-refractivity contribution < 1.29 is 9.53 Å². The van der Waals surface area contributed by atoms with Crippen LogP contribution in [0.15, 0.2) is 59.4 Å². The van der Waals surface area contributed by atoms with E-state index in [-0.39, 0.29) is 18.1 Å². The van der Waals surface area contributed by atoms with E-state index in [2.05, 4.69) is 9.88 Å². The molecular formula is C22H22ClN3O3. The first-order valence-electron chi connectivity index (χ1n) is 9.58. The fourth-order valence-electron chi connectivity index (χ4n) is 3.47. The number of H-pyrrole nitrogens is 1. The molecule has 6 nitrogen and oxygen atoms in total. The average molecular weight is 412 g/mol. The Kier molecular flexibility index (Phi) is 5.83. The molecule has 2 heterocycles. The number of benzene rings is 2. The Morgan fingerprint density at radius 2 is 1.76 bits per heavy atom. The number of fused-ring (bicyclic) bond motifs is 1. The van der Waals surface area contributed by atoms with Gasteiger partial charge in [0, 0.05) is 48.8 Å². The van der Waals surface area contributed by atoms with Crippen LogP contribution in [0.5, 0.6) is 5.75 Å². The molecule has 29 heavy (non-hydrogen) atoms. The summed E-state index contributed by atoms with van der Waals surface area (Å²) in [6, 6.07) is 16.7. The quantitative estimate of drug-likeness (QED) is 0.701. The van der Waals surface area contributed by atoms with Crippen LogP contribution in [-0.2, 0) is 11.3 Å². The number of carbonyl (C=O) groups is 1. The molecular weight excluding hydrogens is 390 g/mol. The molecule has 1 amide bonds. The SMILES string of the molecule is O=C(COc1ccc(Cl)cc1)N1CCN(Cc2cc3ccccc3[nH]c2=O)CC1. The van der Waals surface area contributed by atoms with Crippen molar-refractivity contribution in [1.29, 1.82) is 0 Å². The molecule has 1 N–H and O–H groups in total. The number of amides is 1. The van der Waals surface area contributed by atoms with Crippen molar-refractivity contribution in [3.8, 4) is 5.75 Å². The van der Waals surface area contributed by atoms with Crippen molar-refractivity contribution in [2.75, 3.05) is 32.8 Å². The Morgan fingerprint density at radius 1 is 1.03 bits per heavy atom. The zero-order valence-corrected chi connectivity index (χ0v) is 16.7. The molecule has 0 unspecified atom stereocenters. The monoisotopic (exact) mass is 411 g/mol. The maximum Gasteiger partial charge on any atom is 0.260 e. The lowest BCUT2D eigenvalue weighted by atomic mass is 10.1. The van der Waals surface area contributed by atoms with Crippen LogP contribution in [0.2, 0.25) is 5.02 Å². The molecule has 1 saturated heterocycles. The number of para-hydroxylation sites is 1. The molecule has 1 aliphatic heterocycles. The molecule has 4 rings (SSSR count). The number of pyridine rings is 1. The van der Waals surface area contributed by atoms with Gasteiger partial charge in [-0.3, -0.25) is 14.5 Å². The van der Waals surface area contributed by atoms with E-state index in [0.717, 1.165) is 29.6 Å². The molecule has 1 aliphatic rings. The highest BCUT2D eigenvalue weighted by atomic mass is 35.5. The Hall–Kier alpha value is -2.83. The van der Waals surface area contributed by atoms with Gasteiger partial charge >= 0.3 is 0 Å². The van der Waals surface area contributed by atoms with Crippen molar-refractivity contribution in [1.82, 2.24) is 14.8 Å². The van der Waals surface area contributed by atoms with E-state index in [4.69, 9.17) is 16.3 Å². The summed E-state index contributed by atoms with van der Waals surface area (Å²) in [7, 11) is 0. The van der Waals surface area contributed by atoms with Crippen molar-refractivity contribution in [2.45, 2.75) is 6.54 Å². The van der Waals surface area contributed by atoms with Crippen LogP contribution in [0.4, 0.5) is 0 Å². The second kappa shape index (κ2) is 8.68. The first-order chi connectivity index (χ1) is 14.1. The summed E-state index contributed by atoms with van der Waals surface area (Å²) in [5.41, 5.74) is 1.53. The van der Waals surface area contributed by atoms with E-state index in [1.165, 1.54) is 0 Å². The summed E-state index contributed by atoms with van der Waals surface area (Å²) in [5.74, 6) is 0.583. The summed E-state index contributed by atoms with van der Waals surface area (Å²) in [6.07, 6.45) is 0. The average Bonchev–Trinajstić information content (AvgIpc) is 2.74. The van der Waals surface area contributed by atoms with Gasteiger partial charge in [-0.2, -0.15) is 0 Å². The number of halogens is 1. The van der Waals surface area contributed by atoms with Gasteiger partial charge < -0.3 is 14.6 Å². The maximum atomic E-state index is 12.4. The van der Waals surface area contributed by atoms with Gasteiger partial charge in [0.05, 0.1) is 0 Å². The Balaban J connectivity index is 1.30. The van der Waals surface area contributed by atoms with Gasteiger partial charge in [-0.05, 0) is 41.8 Å². The smallest absolute Gasteiger partial charge is 0.260 e. The lowest BCUT2D eigenvalue weighted by molar-refractivity contribution is -0.135. The lowest BCUT2D eigenvalue weighted by Gasteiger charge is -2.34. The molecule has 3 aromatic rings. The van der Waals surface area contributed by atoms with Gasteiger partial charge in [0.2, 0.25) is 0 Å². The van der Waals surface area contributed by atoms with Crippen LogP contribution in [0.1, 0.15) is 5.56 Å². The third kappa shape index (κ3) is 4.78. The third-order valence-electron chi connectivity index (χ3n) is 5.13. The normalized spacial score (nSPS) is 14.9. The van der Waals surface area contributed by atoms with E-state index in [1.807, 2.05) is 30.3 Å². The van der Waals surface area contributed by atoms with Crippen molar-refractivity contribution in [3.63, 3.8) is 0 Å². The first kappa shape index (κ1) is 19.5. The Labute approximate surface area is 173 Å². The summed E-state index contributed by atoms with van der Waals surface area (Å²) in [6.45, 7) is 3.26. The molecule has 0 radical (unpaired) electrons. The number of aromatic nitrogens is 1. The van der Waals surface area contributed by atoms with E-state index in [9.17, 15) is 9.59 Å². The van der Waals surface area contributed by atoms with Crippen LogP contribution in [0, 0.1) is 0 Å². The lowest BCUT2D eigenvalue weighted by Crippen LogP contribution is -2.49. The van der Waals surface area contributed by atoms with E-state index >= 15 is 0 Å². The molecule has 0 aliphatic carbocycles. The second-order valence-corrected chi connectivity index (χ2v) is 7.55. The minimum Gasteiger partial charge on any atom is -0.484 e. The van der Waals surface area contributed by atoms with Crippen LogP contribution >= 0.6 is 11.6 Å². The number of nitrogens with zero attached hydrogens (tertiary/aromatic N) is 2. The largest absolute Gasteiger partial charge is 0.484 e. The van der Waals surface area contributed by atoms with Gasteiger partial charge in [0.1, 0.15) is 5.75 Å². The van der Waals surface area contributed by atoms with Crippen molar-refractivity contribution in [3.05, 3.63) is 75.5 Å². The molecule has 1 fully saturated rings. The molecule has 0 spiro atoms. The number of aromatic amines is 1. The summed E-state index contributed by atoms with van der Waals surface area (Å²) < 4.78 is 5.55. The number of ether oxygens (including phenoxy) is 1. The van der Waals surface area contributed by atoms with Gasteiger partial charge in [0.25, 0.3) is 11.5 Å². The van der Waals surface area contributed by atoms with E-state index in [0.29, 0.717) is 30.4 Å². The maximum absolute atomic E-state index is 12.4. The fourth-order valence-corrected chi connectivity index (χ4v) is 3.60. The van der Waals surface area contributed by atoms with Crippen LogP contribution in [0.3, 0.4) is 0 Å². The van der Waals surface area contributed by atoms with Crippen molar-refractivity contribution in [2.24, 2.45) is 0 Å². The Bertz CT molecular complexity index is 1060.